The smallest absolute Gasteiger partial charge is 0.187 e. The Hall–Kier alpha value is -1.84. The first-order chi connectivity index (χ1) is 30.2. The van der Waals surface area contributed by atoms with E-state index >= 15 is 0 Å². The fraction of sp³-hybridized carbons (Fsp3) is 0.818. The van der Waals surface area contributed by atoms with Crippen LogP contribution in [0.4, 0.5) is 0 Å². The van der Waals surface area contributed by atoms with Gasteiger partial charge in [-0.25, -0.2) is 0 Å². The van der Waals surface area contributed by atoms with Gasteiger partial charge in [-0.1, -0.05) is 41.0 Å². The van der Waals surface area contributed by atoms with Gasteiger partial charge >= 0.3 is 0 Å². The molecule has 0 aromatic carbocycles. The third kappa shape index (κ3) is 14.1. The van der Waals surface area contributed by atoms with Crippen molar-refractivity contribution in [2.75, 3.05) is 19.8 Å². The Balaban J connectivity index is 1.17. The molecule has 370 valence electrons. The van der Waals surface area contributed by atoms with Gasteiger partial charge in [-0.15, -0.1) is 6.58 Å². The SMILES string of the molecule is C=CC(C)(CCC=C(C)CCC=C(C)CCC=C(C)COC1OC(CO)C(OC2OC(C)C(O)C(O)C2O)C(O)C1O)OC1OC(CO)C(OC2OC(C)C(O)C(O)C2O)C(O)C1O. The fourth-order valence-corrected chi connectivity index (χ4v) is 7.89. The lowest BCUT2D eigenvalue weighted by atomic mass is 9.95. The number of rotatable bonds is 21. The van der Waals surface area contributed by atoms with Gasteiger partial charge in [0.1, 0.15) is 85.5 Å². The highest BCUT2D eigenvalue weighted by Gasteiger charge is 2.52. The molecule has 4 heterocycles. The maximum absolute atomic E-state index is 11.0. The molecule has 12 N–H and O–H groups in total. The van der Waals surface area contributed by atoms with E-state index in [1.54, 1.807) is 13.0 Å². The Morgan fingerprint density at radius 3 is 1.39 bits per heavy atom. The summed E-state index contributed by atoms with van der Waals surface area (Å²) < 4.78 is 45.6. The van der Waals surface area contributed by atoms with E-state index in [1.807, 2.05) is 26.8 Å². The van der Waals surface area contributed by atoms with Crippen molar-refractivity contribution in [3.05, 3.63) is 47.6 Å². The molecule has 21 unspecified atom stereocenters. The highest BCUT2D eigenvalue weighted by molar-refractivity contribution is 5.08. The average molecular weight is 923 g/mol. The number of ether oxygens (including phenoxy) is 8. The van der Waals surface area contributed by atoms with Crippen molar-refractivity contribution in [2.45, 2.75) is 208 Å². The number of aliphatic hydroxyl groups is 12. The minimum absolute atomic E-state index is 0.0720. The Bertz CT molecular complexity index is 1530. The molecule has 20 heteroatoms. The second kappa shape index (κ2) is 25.0. The summed E-state index contributed by atoms with van der Waals surface area (Å²) in [5, 5.41) is 124. The van der Waals surface area contributed by atoms with Crippen LogP contribution in [-0.4, -0.2) is 210 Å². The third-order valence-electron chi connectivity index (χ3n) is 12.3. The maximum Gasteiger partial charge on any atom is 0.187 e. The summed E-state index contributed by atoms with van der Waals surface area (Å²) in [6.45, 7) is 13.3. The van der Waals surface area contributed by atoms with Crippen LogP contribution in [0.2, 0.25) is 0 Å². The van der Waals surface area contributed by atoms with Gasteiger partial charge in [0, 0.05) is 0 Å². The lowest BCUT2D eigenvalue weighted by Gasteiger charge is -2.47. The molecule has 0 bridgehead atoms. The largest absolute Gasteiger partial charge is 0.394 e. The quantitative estimate of drug-likeness (QED) is 0.0580. The molecule has 4 aliphatic heterocycles. The Morgan fingerprint density at radius 1 is 0.531 bits per heavy atom. The van der Waals surface area contributed by atoms with E-state index in [-0.39, 0.29) is 6.61 Å². The van der Waals surface area contributed by atoms with Gasteiger partial charge in [0.05, 0.1) is 37.6 Å². The number of hydrogen-bond acceptors (Lipinski definition) is 20. The van der Waals surface area contributed by atoms with Crippen LogP contribution in [0.15, 0.2) is 47.6 Å². The van der Waals surface area contributed by atoms with Crippen molar-refractivity contribution in [1.82, 2.24) is 0 Å². The average Bonchev–Trinajstić information content (AvgIpc) is 3.26. The molecule has 0 spiro atoms. The van der Waals surface area contributed by atoms with E-state index in [9.17, 15) is 61.3 Å². The first kappa shape index (κ1) is 54.8. The molecule has 0 aromatic rings. The normalized spacial score (nSPS) is 42.6. The van der Waals surface area contributed by atoms with Crippen LogP contribution < -0.4 is 0 Å². The Kier molecular flexibility index (Phi) is 21.4. The van der Waals surface area contributed by atoms with Crippen molar-refractivity contribution in [2.24, 2.45) is 0 Å². The molecule has 0 aromatic heterocycles. The highest BCUT2D eigenvalue weighted by Crippen LogP contribution is 2.34. The molecule has 4 saturated heterocycles. The Morgan fingerprint density at radius 2 is 0.938 bits per heavy atom. The molecule has 0 saturated carbocycles. The summed E-state index contributed by atoms with van der Waals surface area (Å²) in [4.78, 5) is 0. The van der Waals surface area contributed by atoms with Crippen LogP contribution in [0, 0.1) is 0 Å². The zero-order valence-corrected chi connectivity index (χ0v) is 37.6. The first-order valence-corrected chi connectivity index (χ1v) is 22.0. The van der Waals surface area contributed by atoms with Crippen molar-refractivity contribution < 1.29 is 99.2 Å². The van der Waals surface area contributed by atoms with E-state index in [2.05, 4.69) is 18.7 Å². The first-order valence-electron chi connectivity index (χ1n) is 22.0. The summed E-state index contributed by atoms with van der Waals surface area (Å²) in [5.41, 5.74) is 2.19. The molecule has 21 atom stereocenters. The molecular weight excluding hydrogens is 848 g/mol. The molecule has 20 nitrogen and oxygen atoms in total. The molecular formula is C44H74O20. The third-order valence-corrected chi connectivity index (χ3v) is 12.3. The second-order valence-electron chi connectivity index (χ2n) is 17.7. The monoisotopic (exact) mass is 922 g/mol. The van der Waals surface area contributed by atoms with E-state index in [1.165, 1.54) is 19.4 Å². The van der Waals surface area contributed by atoms with Gasteiger partial charge < -0.3 is 99.2 Å². The number of allylic oxidation sites excluding steroid dienone is 5. The summed E-state index contributed by atoms with van der Waals surface area (Å²) in [6, 6.07) is 0. The molecule has 4 aliphatic rings. The second-order valence-corrected chi connectivity index (χ2v) is 17.7. The van der Waals surface area contributed by atoms with Crippen molar-refractivity contribution >= 4 is 0 Å². The summed E-state index contributed by atoms with van der Waals surface area (Å²) in [7, 11) is 0. The summed E-state index contributed by atoms with van der Waals surface area (Å²) in [6.07, 6.45) is -16.2. The number of hydrogen-bond donors (Lipinski definition) is 12. The predicted octanol–water partition coefficient (Wildman–Crippen LogP) is -1.55. The minimum Gasteiger partial charge on any atom is -0.394 e. The van der Waals surface area contributed by atoms with E-state index in [0.717, 1.165) is 36.8 Å². The molecule has 4 rings (SSSR count). The van der Waals surface area contributed by atoms with Crippen LogP contribution in [0.25, 0.3) is 0 Å². The van der Waals surface area contributed by atoms with Crippen LogP contribution in [0.5, 0.6) is 0 Å². The summed E-state index contributed by atoms with van der Waals surface area (Å²) >= 11 is 0. The molecule has 4 fully saturated rings. The highest BCUT2D eigenvalue weighted by atomic mass is 16.8. The van der Waals surface area contributed by atoms with Crippen LogP contribution >= 0.6 is 0 Å². The van der Waals surface area contributed by atoms with Crippen molar-refractivity contribution in [3.8, 4) is 0 Å². The van der Waals surface area contributed by atoms with Gasteiger partial charge in [-0.3, -0.25) is 0 Å². The van der Waals surface area contributed by atoms with E-state index in [4.69, 9.17) is 37.9 Å². The van der Waals surface area contributed by atoms with Gasteiger partial charge in [0.15, 0.2) is 25.2 Å². The number of aliphatic hydroxyl groups excluding tert-OH is 12. The van der Waals surface area contributed by atoms with Crippen molar-refractivity contribution in [3.63, 3.8) is 0 Å². The van der Waals surface area contributed by atoms with Crippen LogP contribution in [0.1, 0.15) is 80.1 Å². The molecule has 0 radical (unpaired) electrons. The maximum atomic E-state index is 11.0. The van der Waals surface area contributed by atoms with E-state index in [0.29, 0.717) is 12.8 Å². The molecule has 0 amide bonds. The lowest BCUT2D eigenvalue weighted by molar-refractivity contribution is -0.363. The van der Waals surface area contributed by atoms with E-state index < -0.39 is 142 Å². The van der Waals surface area contributed by atoms with Crippen LogP contribution in [-0.2, 0) is 37.9 Å². The summed E-state index contributed by atoms with van der Waals surface area (Å²) in [5.74, 6) is 0. The van der Waals surface area contributed by atoms with Gasteiger partial charge in [0.2, 0.25) is 0 Å². The minimum atomic E-state index is -1.67. The zero-order chi connectivity index (χ0) is 47.6. The topological polar surface area (TPSA) is 317 Å². The van der Waals surface area contributed by atoms with Gasteiger partial charge in [-0.05, 0) is 80.1 Å². The standard InChI is InChI=1S/C44H74O20/c1-8-44(7,64-43-37(56)33(52)39(27(19-46)61-43)63-42-35(54)31(50)29(48)25(6)59-42)17-11-16-22(3)13-9-12-21(2)14-10-15-23(4)20-57-40-36(55)32(51)38(26(18-45)60-40)62-41-34(53)30(49)28(47)24(5)58-41/h8,12,15-16,24-43,45-56H,1,9-11,13-14,17-20H2,2-7H3. The van der Waals surface area contributed by atoms with Crippen molar-refractivity contribution in [1.29, 1.82) is 0 Å². The Labute approximate surface area is 374 Å². The van der Waals surface area contributed by atoms with Gasteiger partial charge in [0.25, 0.3) is 0 Å². The molecule has 64 heavy (non-hydrogen) atoms. The van der Waals surface area contributed by atoms with Crippen LogP contribution in [0.3, 0.4) is 0 Å². The lowest BCUT2D eigenvalue weighted by Crippen LogP contribution is -2.64. The predicted molar refractivity (Wildman–Crippen MR) is 225 cm³/mol. The van der Waals surface area contributed by atoms with Gasteiger partial charge in [-0.2, -0.15) is 0 Å². The molecule has 0 aliphatic carbocycles. The fourth-order valence-electron chi connectivity index (χ4n) is 7.89. The zero-order valence-electron chi connectivity index (χ0n) is 37.6.